The van der Waals surface area contributed by atoms with E-state index in [9.17, 15) is 14.4 Å². The maximum absolute atomic E-state index is 14.3. The molecule has 0 saturated heterocycles. The molecule has 0 fully saturated rings. The Bertz CT molecular complexity index is 1190. The average Bonchev–Trinajstić information content (AvgIpc) is 2.90. The summed E-state index contributed by atoms with van der Waals surface area (Å²) in [7, 11) is 0. The number of hydrogen-bond acceptors (Lipinski definition) is 5. The van der Waals surface area contributed by atoms with Crippen LogP contribution in [0.3, 0.4) is 0 Å². The van der Waals surface area contributed by atoms with E-state index in [4.69, 9.17) is 4.74 Å². The molecule has 0 aliphatic carbocycles. The van der Waals surface area contributed by atoms with Crippen LogP contribution in [0.2, 0.25) is 0 Å². The fraction of sp³-hybridized carbons (Fsp3) is 0.559. The first-order chi connectivity index (χ1) is 19.8. The molecule has 2 unspecified atom stereocenters. The van der Waals surface area contributed by atoms with Crippen LogP contribution in [0.1, 0.15) is 100 Å². The lowest BCUT2D eigenvalue weighted by Gasteiger charge is -2.35. The molecule has 2 aromatic carbocycles. The average molecular weight is 598 g/mol. The molecule has 0 aromatic heterocycles. The van der Waals surface area contributed by atoms with Gasteiger partial charge in [0.05, 0.1) is 0 Å². The van der Waals surface area contributed by atoms with E-state index in [0.717, 1.165) is 65.6 Å². The summed E-state index contributed by atoms with van der Waals surface area (Å²) in [6.45, 7) is 15.7. The first-order valence-corrected chi connectivity index (χ1v) is 15.8. The lowest BCUT2D eigenvalue weighted by atomic mass is 9.95. The van der Waals surface area contributed by atoms with Gasteiger partial charge < -0.3 is 20.3 Å². The SMILES string of the molecule is CCCCCCCCN(C(=O)C(CS)NC(=O)OC(C)(C)C)C(C(=O)Nc1c(C)cccc1C)c1ccc(C)cc1C. The van der Waals surface area contributed by atoms with Crippen molar-refractivity contribution in [3.8, 4) is 0 Å². The molecule has 7 nitrogen and oxygen atoms in total. The second-order valence-corrected chi connectivity index (χ2v) is 12.6. The molecule has 0 heterocycles. The van der Waals surface area contributed by atoms with Gasteiger partial charge in [-0.2, -0.15) is 12.6 Å². The van der Waals surface area contributed by atoms with Gasteiger partial charge in [0.25, 0.3) is 5.91 Å². The van der Waals surface area contributed by atoms with Crippen LogP contribution in [0.4, 0.5) is 10.5 Å². The largest absolute Gasteiger partial charge is 0.444 e. The first kappa shape index (κ1) is 35.2. The number of ether oxygens (including phenoxy) is 1. The van der Waals surface area contributed by atoms with E-state index in [1.54, 1.807) is 25.7 Å². The minimum Gasteiger partial charge on any atom is -0.444 e. The van der Waals surface area contributed by atoms with Crippen LogP contribution >= 0.6 is 12.6 Å². The highest BCUT2D eigenvalue weighted by Crippen LogP contribution is 2.30. The fourth-order valence-electron chi connectivity index (χ4n) is 5.05. The van der Waals surface area contributed by atoms with Gasteiger partial charge in [0, 0.05) is 18.0 Å². The van der Waals surface area contributed by atoms with E-state index >= 15 is 0 Å². The van der Waals surface area contributed by atoms with Crippen LogP contribution < -0.4 is 10.6 Å². The maximum atomic E-state index is 14.3. The summed E-state index contributed by atoms with van der Waals surface area (Å²) in [5.74, 6) is -0.608. The minimum atomic E-state index is -0.968. The van der Waals surface area contributed by atoms with Crippen molar-refractivity contribution in [3.63, 3.8) is 0 Å². The Kier molecular flexibility index (Phi) is 13.9. The molecular weight excluding hydrogens is 546 g/mol. The number of para-hydroxylation sites is 1. The Morgan fingerprint density at radius 3 is 2.10 bits per heavy atom. The zero-order chi connectivity index (χ0) is 31.4. The van der Waals surface area contributed by atoms with Gasteiger partial charge in [-0.15, -0.1) is 0 Å². The van der Waals surface area contributed by atoms with Crippen molar-refractivity contribution >= 4 is 36.2 Å². The topological polar surface area (TPSA) is 87.7 Å². The highest BCUT2D eigenvalue weighted by Gasteiger charge is 2.36. The summed E-state index contributed by atoms with van der Waals surface area (Å²) in [6.07, 6.45) is 5.50. The fourth-order valence-corrected chi connectivity index (χ4v) is 5.30. The highest BCUT2D eigenvalue weighted by atomic mass is 32.1. The van der Waals surface area contributed by atoms with Crippen molar-refractivity contribution in [2.75, 3.05) is 17.6 Å². The van der Waals surface area contributed by atoms with Crippen molar-refractivity contribution in [1.29, 1.82) is 0 Å². The second-order valence-electron chi connectivity index (χ2n) is 12.2. The zero-order valence-electron chi connectivity index (χ0n) is 26.8. The first-order valence-electron chi connectivity index (χ1n) is 15.1. The Balaban J connectivity index is 2.54. The molecule has 0 bridgehead atoms. The number of rotatable bonds is 14. The molecule has 0 spiro atoms. The molecule has 0 aliphatic rings. The molecule has 232 valence electrons. The summed E-state index contributed by atoms with van der Waals surface area (Å²) >= 11 is 4.41. The molecular formula is C34H51N3O4S. The highest BCUT2D eigenvalue weighted by molar-refractivity contribution is 7.80. The van der Waals surface area contributed by atoms with E-state index < -0.39 is 23.8 Å². The smallest absolute Gasteiger partial charge is 0.408 e. The lowest BCUT2D eigenvalue weighted by Crippen LogP contribution is -2.53. The van der Waals surface area contributed by atoms with Gasteiger partial charge in [0.2, 0.25) is 5.91 Å². The van der Waals surface area contributed by atoms with Gasteiger partial charge >= 0.3 is 6.09 Å². The number of carbonyl (C=O) groups is 3. The van der Waals surface area contributed by atoms with Crippen LogP contribution in [-0.2, 0) is 14.3 Å². The molecule has 2 N–H and O–H groups in total. The van der Waals surface area contributed by atoms with Crippen molar-refractivity contribution < 1.29 is 19.1 Å². The van der Waals surface area contributed by atoms with Crippen molar-refractivity contribution in [1.82, 2.24) is 10.2 Å². The predicted molar refractivity (Wildman–Crippen MR) is 175 cm³/mol. The minimum absolute atomic E-state index is 0.0587. The Morgan fingerprint density at radius 2 is 1.52 bits per heavy atom. The second kappa shape index (κ2) is 16.6. The summed E-state index contributed by atoms with van der Waals surface area (Å²) in [5.41, 5.74) is 4.63. The Morgan fingerprint density at radius 1 is 0.905 bits per heavy atom. The third kappa shape index (κ3) is 10.7. The summed E-state index contributed by atoms with van der Waals surface area (Å²) < 4.78 is 5.43. The number of nitrogens with one attached hydrogen (secondary N) is 2. The summed E-state index contributed by atoms with van der Waals surface area (Å²) in [5, 5.41) is 5.84. The van der Waals surface area contributed by atoms with Crippen molar-refractivity contribution in [3.05, 3.63) is 64.2 Å². The number of alkyl carbamates (subject to hydrolysis) is 1. The molecule has 2 rings (SSSR count). The van der Waals surface area contributed by atoms with E-state index in [2.05, 4.69) is 30.2 Å². The van der Waals surface area contributed by atoms with Crippen molar-refractivity contribution in [2.45, 2.75) is 112 Å². The van der Waals surface area contributed by atoms with Gasteiger partial charge in [-0.05, 0) is 77.1 Å². The zero-order valence-corrected chi connectivity index (χ0v) is 27.7. The van der Waals surface area contributed by atoms with Crippen LogP contribution in [0.15, 0.2) is 36.4 Å². The molecule has 2 aromatic rings. The monoisotopic (exact) mass is 597 g/mol. The van der Waals surface area contributed by atoms with Gasteiger partial charge in [-0.3, -0.25) is 9.59 Å². The number of benzene rings is 2. The summed E-state index contributed by atoms with van der Waals surface area (Å²) in [4.78, 5) is 42.8. The normalized spacial score (nSPS) is 12.8. The number of carbonyl (C=O) groups excluding carboxylic acids is 3. The Hall–Kier alpha value is -3.00. The van der Waals surface area contributed by atoms with E-state index in [-0.39, 0.29) is 17.6 Å². The quantitative estimate of drug-likeness (QED) is 0.154. The Labute approximate surface area is 258 Å². The number of hydrogen-bond donors (Lipinski definition) is 3. The number of unbranched alkanes of at least 4 members (excludes halogenated alkanes) is 5. The molecule has 3 amide bonds. The molecule has 0 radical (unpaired) electrons. The van der Waals surface area contributed by atoms with Crippen LogP contribution in [0.5, 0.6) is 0 Å². The van der Waals surface area contributed by atoms with Crippen LogP contribution in [0.25, 0.3) is 0 Å². The lowest BCUT2D eigenvalue weighted by molar-refractivity contribution is -0.140. The van der Waals surface area contributed by atoms with Crippen LogP contribution in [-0.4, -0.2) is 46.7 Å². The molecule has 0 aliphatic heterocycles. The molecule has 42 heavy (non-hydrogen) atoms. The third-order valence-corrected chi connectivity index (χ3v) is 7.58. The number of thiol groups is 1. The number of anilines is 1. The third-order valence-electron chi connectivity index (χ3n) is 7.22. The number of aryl methyl sites for hydroxylation is 4. The molecule has 2 atom stereocenters. The van der Waals surface area contributed by atoms with E-state index in [1.807, 2.05) is 64.1 Å². The molecule has 8 heteroatoms. The van der Waals surface area contributed by atoms with Gasteiger partial charge in [-0.1, -0.05) is 81.0 Å². The van der Waals surface area contributed by atoms with Crippen LogP contribution in [0, 0.1) is 27.7 Å². The number of amides is 3. The van der Waals surface area contributed by atoms with Crippen molar-refractivity contribution in [2.24, 2.45) is 0 Å². The van der Waals surface area contributed by atoms with Gasteiger partial charge in [0.15, 0.2) is 0 Å². The van der Waals surface area contributed by atoms with Gasteiger partial charge in [0.1, 0.15) is 17.7 Å². The van der Waals surface area contributed by atoms with E-state index in [1.165, 1.54) is 6.42 Å². The molecule has 0 saturated carbocycles. The van der Waals surface area contributed by atoms with Gasteiger partial charge in [-0.25, -0.2) is 4.79 Å². The standard InChI is InChI=1S/C34H51N3O4S/c1-9-10-11-12-13-14-20-37(32(39)28(22-42)35-33(40)41-34(6,7)8)30(27-19-18-23(2)21-26(27)5)31(38)36-29-24(3)16-15-17-25(29)4/h15-19,21,28,30,42H,9-14,20,22H2,1-8H3,(H,35,40)(H,36,38). The van der Waals surface area contributed by atoms with E-state index in [0.29, 0.717) is 6.54 Å². The number of nitrogens with zero attached hydrogens (tertiary/aromatic N) is 1. The predicted octanol–water partition coefficient (Wildman–Crippen LogP) is 7.61. The summed E-state index contributed by atoms with van der Waals surface area (Å²) in [6, 6.07) is 9.90. The maximum Gasteiger partial charge on any atom is 0.408 e.